The number of aromatic amines is 1. The first-order valence-corrected chi connectivity index (χ1v) is 12.3. The number of carbonyl (C=O) groups excluding carboxylic acids is 2. The van der Waals surface area contributed by atoms with Crippen LogP contribution in [0.25, 0.3) is 10.9 Å². The maximum atomic E-state index is 12.5. The summed E-state index contributed by atoms with van der Waals surface area (Å²) >= 11 is 0. The lowest BCUT2D eigenvalue weighted by atomic mass is 10.1. The second kappa shape index (κ2) is 10.8. The summed E-state index contributed by atoms with van der Waals surface area (Å²) in [6.07, 6.45) is 4.39. The molecule has 1 aromatic heterocycles. The van der Waals surface area contributed by atoms with E-state index in [2.05, 4.69) is 14.6 Å². The van der Waals surface area contributed by atoms with Crippen molar-refractivity contribution >= 4 is 22.7 Å². The van der Waals surface area contributed by atoms with Crippen molar-refractivity contribution in [2.45, 2.75) is 38.4 Å². The van der Waals surface area contributed by atoms with Crippen molar-refractivity contribution in [2.75, 3.05) is 32.8 Å². The molecule has 1 atom stereocenters. The second-order valence-electron chi connectivity index (χ2n) is 9.24. The average Bonchev–Trinajstić information content (AvgIpc) is 3.55. The molecule has 2 amide bonds. The highest BCUT2D eigenvalue weighted by Gasteiger charge is 2.34. The van der Waals surface area contributed by atoms with Crippen LogP contribution in [0.15, 0.2) is 48.7 Å². The summed E-state index contributed by atoms with van der Waals surface area (Å²) in [7, 11) is 0. The summed E-state index contributed by atoms with van der Waals surface area (Å²) in [5, 5.41) is 1.08. The predicted octanol–water partition coefficient (Wildman–Crippen LogP) is 4.48. The zero-order chi connectivity index (χ0) is 25.1. The van der Waals surface area contributed by atoms with Crippen molar-refractivity contribution < 1.29 is 27.8 Å². The fourth-order valence-electron chi connectivity index (χ4n) is 4.99. The number of likely N-dealkylation sites (tertiary alicyclic amines) is 1. The highest BCUT2D eigenvalue weighted by atomic mass is 19.3. The van der Waals surface area contributed by atoms with Gasteiger partial charge in [0.1, 0.15) is 5.75 Å². The number of hydrogen-bond donors (Lipinski definition) is 1. The maximum Gasteiger partial charge on any atom is 0.345 e. The van der Waals surface area contributed by atoms with Crippen LogP contribution in [0.2, 0.25) is 0 Å². The predicted molar refractivity (Wildman–Crippen MR) is 130 cm³/mol. The molecular weight excluding hydrogens is 468 g/mol. The Balaban J connectivity index is 1.09. The van der Waals surface area contributed by atoms with E-state index in [0.29, 0.717) is 50.1 Å². The SMILES string of the molecule is O=C1c2ccccc2C(=O)N1CCCCOc1ccc2[nH]cc(CCN3CC[C@H](OC(F)F)C3)c2c1. The third kappa shape index (κ3) is 5.27. The Morgan fingerprint density at radius 3 is 2.56 bits per heavy atom. The number of benzene rings is 2. The number of ether oxygens (including phenoxy) is 2. The molecule has 0 spiro atoms. The normalized spacial score (nSPS) is 18.1. The monoisotopic (exact) mass is 497 g/mol. The van der Waals surface area contributed by atoms with Crippen LogP contribution in [0, 0.1) is 0 Å². The number of halogens is 2. The van der Waals surface area contributed by atoms with Gasteiger partial charge in [-0.15, -0.1) is 0 Å². The molecule has 1 N–H and O–H groups in total. The quantitative estimate of drug-likeness (QED) is 0.312. The van der Waals surface area contributed by atoms with Crippen LogP contribution in [0.1, 0.15) is 45.5 Å². The van der Waals surface area contributed by atoms with Crippen LogP contribution < -0.4 is 4.74 Å². The highest BCUT2D eigenvalue weighted by molar-refractivity contribution is 6.21. The van der Waals surface area contributed by atoms with Crippen molar-refractivity contribution in [1.29, 1.82) is 0 Å². The van der Waals surface area contributed by atoms with Crippen LogP contribution in [-0.4, -0.2) is 72.1 Å². The van der Waals surface area contributed by atoms with Gasteiger partial charge in [0.25, 0.3) is 11.8 Å². The van der Waals surface area contributed by atoms with E-state index in [1.54, 1.807) is 24.3 Å². The Kier molecular flexibility index (Phi) is 7.29. The van der Waals surface area contributed by atoms with Gasteiger partial charge in [-0.3, -0.25) is 14.5 Å². The zero-order valence-electron chi connectivity index (χ0n) is 19.9. The van der Waals surface area contributed by atoms with Crippen LogP contribution in [0.4, 0.5) is 8.78 Å². The van der Waals surface area contributed by atoms with E-state index in [1.165, 1.54) is 4.90 Å². The molecule has 2 aromatic carbocycles. The Morgan fingerprint density at radius 2 is 1.81 bits per heavy atom. The van der Waals surface area contributed by atoms with Gasteiger partial charge in [0.15, 0.2) is 0 Å². The van der Waals surface area contributed by atoms with Gasteiger partial charge in [0.2, 0.25) is 0 Å². The van der Waals surface area contributed by atoms with Gasteiger partial charge in [-0.2, -0.15) is 8.78 Å². The summed E-state index contributed by atoms with van der Waals surface area (Å²) in [5.41, 5.74) is 3.11. The fourth-order valence-corrected chi connectivity index (χ4v) is 4.99. The molecule has 1 saturated heterocycles. The minimum atomic E-state index is -2.72. The van der Waals surface area contributed by atoms with Gasteiger partial charge in [0.05, 0.1) is 23.8 Å². The van der Waals surface area contributed by atoms with E-state index in [0.717, 1.165) is 41.7 Å². The van der Waals surface area contributed by atoms with Gasteiger partial charge in [0, 0.05) is 43.3 Å². The Labute approximate surface area is 208 Å². The van der Waals surface area contributed by atoms with Crippen LogP contribution in [0.5, 0.6) is 5.75 Å². The number of fused-ring (bicyclic) bond motifs is 2. The summed E-state index contributed by atoms with van der Waals surface area (Å²) in [4.78, 5) is 31.6. The minimum Gasteiger partial charge on any atom is -0.494 e. The molecule has 3 heterocycles. The van der Waals surface area contributed by atoms with Crippen LogP contribution in [-0.2, 0) is 11.2 Å². The first-order chi connectivity index (χ1) is 17.5. The molecule has 1 fully saturated rings. The lowest BCUT2D eigenvalue weighted by molar-refractivity contribution is -0.158. The number of imide groups is 1. The van der Waals surface area contributed by atoms with Crippen molar-refractivity contribution in [3.63, 3.8) is 0 Å². The van der Waals surface area contributed by atoms with E-state index in [9.17, 15) is 18.4 Å². The van der Waals surface area contributed by atoms with E-state index in [-0.39, 0.29) is 11.8 Å². The molecule has 2 aliphatic heterocycles. The van der Waals surface area contributed by atoms with Crippen molar-refractivity contribution in [2.24, 2.45) is 0 Å². The average molecular weight is 498 g/mol. The molecular formula is C27H29F2N3O4. The Hall–Kier alpha value is -3.30. The van der Waals surface area contributed by atoms with Crippen LogP contribution in [0.3, 0.4) is 0 Å². The number of H-pyrrole nitrogens is 1. The third-order valence-electron chi connectivity index (χ3n) is 6.88. The number of carbonyl (C=O) groups is 2. The second-order valence-corrected chi connectivity index (χ2v) is 9.24. The van der Waals surface area contributed by atoms with Gasteiger partial charge >= 0.3 is 6.61 Å². The van der Waals surface area contributed by atoms with E-state index < -0.39 is 12.7 Å². The Morgan fingerprint density at radius 1 is 1.03 bits per heavy atom. The standard InChI is InChI=1S/C27H29F2N3O4/c28-27(29)36-20-10-13-31(17-20)12-9-18-16-30-24-8-7-19(15-23(18)24)35-14-4-3-11-32-25(33)21-5-1-2-6-22(21)26(32)34/h1-2,5-8,15-16,20,27,30H,3-4,9-14,17H2/t20-/m0/s1. The van der Waals surface area contributed by atoms with E-state index in [1.807, 2.05) is 24.4 Å². The number of nitrogens with zero attached hydrogens (tertiary/aromatic N) is 2. The van der Waals surface area contributed by atoms with Gasteiger partial charge in [-0.25, -0.2) is 0 Å². The molecule has 7 nitrogen and oxygen atoms in total. The maximum absolute atomic E-state index is 12.5. The first-order valence-electron chi connectivity index (χ1n) is 12.3. The summed E-state index contributed by atoms with van der Waals surface area (Å²) < 4.78 is 35.5. The molecule has 36 heavy (non-hydrogen) atoms. The minimum absolute atomic E-state index is 0.229. The van der Waals surface area contributed by atoms with Gasteiger partial charge in [-0.05, 0) is 61.6 Å². The smallest absolute Gasteiger partial charge is 0.345 e. The topological polar surface area (TPSA) is 74.9 Å². The summed E-state index contributed by atoms with van der Waals surface area (Å²) in [5.74, 6) is 0.302. The number of aromatic nitrogens is 1. The van der Waals surface area contributed by atoms with Crippen molar-refractivity contribution in [3.8, 4) is 5.75 Å². The molecule has 5 rings (SSSR count). The number of unbranched alkanes of at least 4 members (excludes halogenated alkanes) is 1. The largest absolute Gasteiger partial charge is 0.494 e. The molecule has 0 unspecified atom stereocenters. The Bertz CT molecular complexity index is 1210. The molecule has 2 aliphatic rings. The number of rotatable bonds is 11. The number of alkyl halides is 2. The number of hydrogen-bond acceptors (Lipinski definition) is 5. The van der Waals surface area contributed by atoms with Gasteiger partial charge in [-0.1, -0.05) is 12.1 Å². The molecule has 190 valence electrons. The molecule has 0 bridgehead atoms. The lowest BCUT2D eigenvalue weighted by Crippen LogP contribution is -2.30. The zero-order valence-corrected chi connectivity index (χ0v) is 19.9. The summed E-state index contributed by atoms with van der Waals surface area (Å²) in [6, 6.07) is 12.8. The van der Waals surface area contributed by atoms with E-state index >= 15 is 0 Å². The molecule has 0 aliphatic carbocycles. The lowest BCUT2D eigenvalue weighted by Gasteiger charge is -2.16. The third-order valence-corrected chi connectivity index (χ3v) is 6.88. The molecule has 0 radical (unpaired) electrons. The fraction of sp³-hybridized carbons (Fsp3) is 0.407. The van der Waals surface area contributed by atoms with Crippen LogP contribution >= 0.6 is 0 Å². The van der Waals surface area contributed by atoms with Gasteiger partial charge < -0.3 is 19.4 Å². The molecule has 3 aromatic rings. The molecule has 9 heteroatoms. The number of nitrogens with one attached hydrogen (secondary N) is 1. The van der Waals surface area contributed by atoms with Crippen molar-refractivity contribution in [1.82, 2.24) is 14.8 Å². The van der Waals surface area contributed by atoms with Crippen molar-refractivity contribution in [3.05, 3.63) is 65.4 Å². The highest BCUT2D eigenvalue weighted by Crippen LogP contribution is 2.26. The first kappa shape index (κ1) is 24.4. The van der Waals surface area contributed by atoms with E-state index in [4.69, 9.17) is 4.74 Å². The summed E-state index contributed by atoms with van der Waals surface area (Å²) in [6.45, 7) is 0.198. The molecule has 0 saturated carbocycles. The number of amides is 2.